The van der Waals surface area contributed by atoms with E-state index in [9.17, 15) is 4.39 Å². The van der Waals surface area contributed by atoms with E-state index in [2.05, 4.69) is 17.1 Å². The quantitative estimate of drug-likeness (QED) is 0.843. The van der Waals surface area contributed by atoms with Crippen LogP contribution in [0.25, 0.3) is 0 Å². The molecule has 0 aromatic heterocycles. The second kappa shape index (κ2) is 5.69. The number of nitrogens with one attached hydrogen (secondary N) is 1. The normalized spacial score (nSPS) is 38.5. The molecule has 0 aromatic carbocycles. The molecule has 0 aromatic rings. The number of alkyl halides is 1. The molecule has 1 saturated heterocycles. The highest BCUT2D eigenvalue weighted by molar-refractivity contribution is 5.05. The number of halogens is 1. The number of nitrogens with zero attached hydrogens (tertiary/aromatic N) is 1. The highest BCUT2D eigenvalue weighted by Gasteiger charge is 2.47. The smallest absolute Gasteiger partial charge is 0.102 e. The van der Waals surface area contributed by atoms with Crippen molar-refractivity contribution in [2.24, 2.45) is 11.8 Å². The summed E-state index contributed by atoms with van der Waals surface area (Å²) in [6.45, 7) is 4.95. The van der Waals surface area contributed by atoms with Crippen molar-refractivity contribution in [1.29, 1.82) is 0 Å². The molecule has 0 spiro atoms. The van der Waals surface area contributed by atoms with E-state index in [0.717, 1.165) is 24.9 Å². The first-order valence-electron chi connectivity index (χ1n) is 8.28. The van der Waals surface area contributed by atoms with Crippen molar-refractivity contribution >= 4 is 0 Å². The molecule has 2 unspecified atom stereocenters. The predicted molar refractivity (Wildman–Crippen MR) is 77.0 cm³/mol. The summed E-state index contributed by atoms with van der Waals surface area (Å²) >= 11 is 0. The third-order valence-electron chi connectivity index (χ3n) is 5.76. The van der Waals surface area contributed by atoms with E-state index < -0.39 is 0 Å². The van der Waals surface area contributed by atoms with Gasteiger partial charge in [0.15, 0.2) is 0 Å². The van der Waals surface area contributed by atoms with E-state index in [4.69, 9.17) is 0 Å². The zero-order valence-electron chi connectivity index (χ0n) is 12.3. The molecular weight excluding hydrogens is 239 g/mol. The first-order valence-corrected chi connectivity index (χ1v) is 8.28. The van der Waals surface area contributed by atoms with E-state index >= 15 is 0 Å². The molecule has 2 saturated carbocycles. The van der Waals surface area contributed by atoms with Crippen molar-refractivity contribution in [3.05, 3.63) is 0 Å². The van der Waals surface area contributed by atoms with Gasteiger partial charge in [0.1, 0.15) is 6.67 Å². The van der Waals surface area contributed by atoms with Crippen LogP contribution in [0.3, 0.4) is 0 Å². The minimum Gasteiger partial charge on any atom is -0.308 e. The zero-order valence-corrected chi connectivity index (χ0v) is 12.3. The average Bonchev–Trinajstić information content (AvgIpc) is 3.25. The molecule has 2 nitrogen and oxygen atoms in total. The summed E-state index contributed by atoms with van der Waals surface area (Å²) in [6.07, 6.45) is 9.60. The lowest BCUT2D eigenvalue weighted by molar-refractivity contribution is 0.0303. The highest BCUT2D eigenvalue weighted by atomic mass is 19.1. The van der Waals surface area contributed by atoms with Crippen LogP contribution in [-0.4, -0.2) is 42.8 Å². The molecule has 1 N–H and O–H groups in total. The van der Waals surface area contributed by atoms with Crippen LogP contribution in [0.1, 0.15) is 51.9 Å². The van der Waals surface area contributed by atoms with Crippen LogP contribution in [0.5, 0.6) is 0 Å². The van der Waals surface area contributed by atoms with Crippen LogP contribution in [-0.2, 0) is 0 Å². The fraction of sp³-hybridized carbons (Fsp3) is 1.00. The lowest BCUT2D eigenvalue weighted by atomic mass is 9.80. The summed E-state index contributed by atoms with van der Waals surface area (Å²) in [7, 11) is 0. The monoisotopic (exact) mass is 268 g/mol. The topological polar surface area (TPSA) is 15.3 Å². The summed E-state index contributed by atoms with van der Waals surface area (Å²) in [4.78, 5) is 2.48. The molecule has 1 heterocycles. The average molecular weight is 268 g/mol. The third kappa shape index (κ3) is 2.97. The molecule has 0 radical (unpaired) electrons. The van der Waals surface area contributed by atoms with Gasteiger partial charge in [-0.1, -0.05) is 19.3 Å². The maximum Gasteiger partial charge on any atom is 0.102 e. The first-order chi connectivity index (χ1) is 9.23. The Labute approximate surface area is 117 Å². The Bertz CT molecular complexity index is 299. The Morgan fingerprint density at radius 2 is 1.89 bits per heavy atom. The fourth-order valence-corrected chi connectivity index (χ4v) is 4.39. The summed E-state index contributed by atoms with van der Waals surface area (Å²) in [6, 6.07) is 0.586. The van der Waals surface area contributed by atoms with Crippen molar-refractivity contribution < 1.29 is 4.39 Å². The van der Waals surface area contributed by atoms with Gasteiger partial charge in [0.05, 0.1) is 0 Å². The second-order valence-electron chi connectivity index (χ2n) is 7.20. The van der Waals surface area contributed by atoms with E-state index in [1.54, 1.807) is 0 Å². The van der Waals surface area contributed by atoms with E-state index in [0.29, 0.717) is 12.6 Å². The Hall–Kier alpha value is -0.150. The third-order valence-corrected chi connectivity index (χ3v) is 5.76. The number of hydrogen-bond donors (Lipinski definition) is 1. The van der Waals surface area contributed by atoms with Gasteiger partial charge in [0, 0.05) is 31.2 Å². The van der Waals surface area contributed by atoms with Gasteiger partial charge in [-0.3, -0.25) is 4.90 Å². The van der Waals surface area contributed by atoms with Crippen molar-refractivity contribution in [2.75, 3.05) is 26.3 Å². The summed E-state index contributed by atoms with van der Waals surface area (Å²) in [5, 5.41) is 3.83. The van der Waals surface area contributed by atoms with Crippen LogP contribution in [0.2, 0.25) is 0 Å². The van der Waals surface area contributed by atoms with Crippen molar-refractivity contribution in [3.8, 4) is 0 Å². The van der Waals surface area contributed by atoms with E-state index in [1.807, 2.05) is 0 Å². The van der Waals surface area contributed by atoms with Crippen molar-refractivity contribution in [3.63, 3.8) is 0 Å². The fourth-order valence-electron chi connectivity index (χ4n) is 4.39. The Morgan fingerprint density at radius 3 is 2.53 bits per heavy atom. The molecule has 0 amide bonds. The molecule has 1 aliphatic heterocycles. The van der Waals surface area contributed by atoms with Gasteiger partial charge in [0.2, 0.25) is 0 Å². The predicted octanol–water partition coefficient (Wildman–Crippen LogP) is 2.98. The van der Waals surface area contributed by atoms with Crippen molar-refractivity contribution in [1.82, 2.24) is 10.2 Å². The highest BCUT2D eigenvalue weighted by Crippen LogP contribution is 2.42. The zero-order chi connectivity index (χ0) is 13.3. The molecule has 0 bridgehead atoms. The summed E-state index contributed by atoms with van der Waals surface area (Å²) in [5.41, 5.74) is 0.250. The Balaban J connectivity index is 1.66. The molecule has 3 aliphatic rings. The maximum absolute atomic E-state index is 12.9. The molecule has 2 atom stereocenters. The minimum atomic E-state index is -0.191. The van der Waals surface area contributed by atoms with Gasteiger partial charge >= 0.3 is 0 Å². The lowest BCUT2D eigenvalue weighted by Crippen LogP contribution is -2.65. The molecule has 2 aliphatic carbocycles. The molecule has 3 fully saturated rings. The van der Waals surface area contributed by atoms with Crippen LogP contribution in [0.15, 0.2) is 0 Å². The standard InChI is InChI=1S/C16H29FN2/c1-16(14-7-8-14)12-19(10-9-17)15(11-18-16)13-5-3-2-4-6-13/h13-15,18H,2-12H2,1H3. The largest absolute Gasteiger partial charge is 0.308 e. The second-order valence-corrected chi connectivity index (χ2v) is 7.20. The van der Waals surface area contributed by atoms with Crippen LogP contribution in [0.4, 0.5) is 4.39 Å². The Kier molecular flexibility index (Phi) is 4.14. The van der Waals surface area contributed by atoms with E-state index in [-0.39, 0.29) is 12.2 Å². The molecule has 19 heavy (non-hydrogen) atoms. The van der Waals surface area contributed by atoms with Gasteiger partial charge in [-0.25, -0.2) is 4.39 Å². The van der Waals surface area contributed by atoms with Crippen LogP contribution >= 0.6 is 0 Å². The molecule has 3 rings (SSSR count). The number of piperazine rings is 1. The molecule has 3 heteroatoms. The summed E-state index contributed by atoms with van der Waals surface area (Å²) in [5.74, 6) is 1.64. The van der Waals surface area contributed by atoms with Crippen LogP contribution < -0.4 is 5.32 Å². The number of rotatable bonds is 4. The van der Waals surface area contributed by atoms with Gasteiger partial charge in [0.25, 0.3) is 0 Å². The minimum absolute atomic E-state index is 0.191. The van der Waals surface area contributed by atoms with Crippen molar-refractivity contribution in [2.45, 2.75) is 63.5 Å². The Morgan fingerprint density at radius 1 is 1.16 bits per heavy atom. The maximum atomic E-state index is 12.9. The molecule has 110 valence electrons. The van der Waals surface area contributed by atoms with Gasteiger partial charge in [-0.15, -0.1) is 0 Å². The van der Waals surface area contributed by atoms with Gasteiger partial charge in [-0.2, -0.15) is 0 Å². The molecular formula is C16H29FN2. The van der Waals surface area contributed by atoms with E-state index in [1.165, 1.54) is 44.9 Å². The SMILES string of the molecule is CC1(C2CC2)CN(CCF)C(C2CCCCC2)CN1. The number of hydrogen-bond acceptors (Lipinski definition) is 2. The van der Waals surface area contributed by atoms with Gasteiger partial charge in [-0.05, 0) is 44.4 Å². The van der Waals surface area contributed by atoms with Gasteiger partial charge < -0.3 is 5.32 Å². The lowest BCUT2D eigenvalue weighted by Gasteiger charge is -2.49. The van der Waals surface area contributed by atoms with Crippen LogP contribution in [0, 0.1) is 11.8 Å². The first kappa shape index (κ1) is 13.8. The summed E-state index contributed by atoms with van der Waals surface area (Å²) < 4.78 is 12.9.